The summed E-state index contributed by atoms with van der Waals surface area (Å²) < 4.78 is 1.69. The first kappa shape index (κ1) is 26.8. The predicted molar refractivity (Wildman–Crippen MR) is 174 cm³/mol. The van der Waals surface area contributed by atoms with E-state index in [2.05, 4.69) is 74.8 Å². The van der Waals surface area contributed by atoms with Crippen molar-refractivity contribution in [3.8, 4) is 5.82 Å². The summed E-state index contributed by atoms with van der Waals surface area (Å²) in [5.41, 5.74) is 15.1. The van der Waals surface area contributed by atoms with Crippen molar-refractivity contribution < 1.29 is 0 Å². The molecule has 6 aliphatic rings. The molecule has 0 saturated carbocycles. The van der Waals surface area contributed by atoms with Gasteiger partial charge in [0.15, 0.2) is 5.82 Å². The molecule has 3 aromatic rings. The van der Waals surface area contributed by atoms with E-state index >= 15 is 0 Å². The summed E-state index contributed by atoms with van der Waals surface area (Å²) >= 11 is 0. The number of nitrogens with one attached hydrogen (secondary N) is 2. The quantitative estimate of drug-likeness (QED) is 0.346. The summed E-state index contributed by atoms with van der Waals surface area (Å²) in [6.45, 7) is 8.00. The number of fused-ring (bicyclic) bond motifs is 3. The Labute approximate surface area is 254 Å². The molecule has 0 amide bonds. The maximum Gasteiger partial charge on any atom is 0.248 e. The minimum Gasteiger partial charge on any atom is -0.383 e. The van der Waals surface area contributed by atoms with Crippen LogP contribution in [0.3, 0.4) is 0 Å². The van der Waals surface area contributed by atoms with Crippen LogP contribution in [-0.4, -0.2) is 63.4 Å². The number of piperidine rings is 1. The lowest BCUT2D eigenvalue weighted by molar-refractivity contribution is 0.208. The van der Waals surface area contributed by atoms with Crippen LogP contribution >= 0.6 is 0 Å². The number of hydrogen-bond donors (Lipinski definition) is 3. The highest BCUT2D eigenvalue weighted by Gasteiger charge is 2.38. The van der Waals surface area contributed by atoms with Crippen LogP contribution in [0.4, 0.5) is 29.0 Å². The fourth-order valence-electron chi connectivity index (χ4n) is 8.06. The topological polar surface area (TPSA) is 100 Å². The average molecular weight is 578 g/mol. The van der Waals surface area contributed by atoms with Crippen LogP contribution in [0.2, 0.25) is 0 Å². The molecule has 43 heavy (non-hydrogen) atoms. The molecule has 4 N–H and O–H groups in total. The maximum atomic E-state index is 6.47. The Balaban J connectivity index is 1.02. The van der Waals surface area contributed by atoms with Gasteiger partial charge < -0.3 is 26.2 Å². The molecular weight excluding hydrogens is 534 g/mol. The van der Waals surface area contributed by atoms with Crippen molar-refractivity contribution in [1.82, 2.24) is 24.6 Å². The monoisotopic (exact) mass is 577 g/mol. The van der Waals surface area contributed by atoms with Crippen LogP contribution in [0.1, 0.15) is 68.2 Å². The molecule has 1 aromatic carbocycles. The number of anilines is 5. The van der Waals surface area contributed by atoms with E-state index in [0.717, 1.165) is 75.0 Å². The predicted octanol–water partition coefficient (Wildman–Crippen LogP) is 5.64. The highest BCUT2D eigenvalue weighted by molar-refractivity contribution is 5.66. The van der Waals surface area contributed by atoms with Gasteiger partial charge in [0.1, 0.15) is 0 Å². The number of likely N-dealkylation sites (tertiary alicyclic amines) is 1. The fourth-order valence-corrected chi connectivity index (χ4v) is 8.06. The van der Waals surface area contributed by atoms with Gasteiger partial charge >= 0.3 is 0 Å². The van der Waals surface area contributed by atoms with Gasteiger partial charge in [-0.15, -0.1) is 5.10 Å². The molecule has 2 bridgehead atoms. The van der Waals surface area contributed by atoms with Crippen molar-refractivity contribution in [2.24, 2.45) is 0 Å². The lowest BCUT2D eigenvalue weighted by Crippen LogP contribution is -2.44. The number of nitrogen functional groups attached to an aromatic ring is 1. The number of benzene rings is 1. The Morgan fingerprint density at radius 3 is 2.63 bits per heavy atom. The summed E-state index contributed by atoms with van der Waals surface area (Å²) in [7, 11) is 0. The van der Waals surface area contributed by atoms with Gasteiger partial charge in [-0.2, -0.15) is 9.67 Å². The van der Waals surface area contributed by atoms with Crippen LogP contribution in [-0.2, 0) is 11.8 Å². The first-order valence-corrected chi connectivity index (χ1v) is 16.3. The highest BCUT2D eigenvalue weighted by Crippen LogP contribution is 2.48. The van der Waals surface area contributed by atoms with E-state index in [-0.39, 0.29) is 5.41 Å². The molecule has 0 spiro atoms. The maximum absolute atomic E-state index is 6.47. The van der Waals surface area contributed by atoms with Crippen LogP contribution in [0, 0.1) is 6.92 Å². The van der Waals surface area contributed by atoms with E-state index in [1.807, 2.05) is 0 Å². The number of pyridine rings is 1. The van der Waals surface area contributed by atoms with Crippen LogP contribution < -0.4 is 21.3 Å². The van der Waals surface area contributed by atoms with Crippen molar-refractivity contribution in [3.63, 3.8) is 0 Å². The number of rotatable bonds is 6. The first-order chi connectivity index (χ1) is 21.0. The second-order valence-electron chi connectivity index (χ2n) is 13.1. The van der Waals surface area contributed by atoms with Gasteiger partial charge in [0.05, 0.1) is 11.4 Å². The largest absolute Gasteiger partial charge is 0.383 e. The van der Waals surface area contributed by atoms with E-state index in [9.17, 15) is 0 Å². The van der Waals surface area contributed by atoms with E-state index in [4.69, 9.17) is 15.8 Å². The van der Waals surface area contributed by atoms with Crippen molar-refractivity contribution in [1.29, 1.82) is 0 Å². The molecule has 2 fully saturated rings. The Bertz CT molecular complexity index is 1590. The molecule has 0 radical (unpaired) electrons. The highest BCUT2D eigenvalue weighted by atomic mass is 15.4. The van der Waals surface area contributed by atoms with Crippen molar-refractivity contribution in [3.05, 3.63) is 64.9 Å². The third-order valence-electron chi connectivity index (χ3n) is 10.5. The summed E-state index contributed by atoms with van der Waals surface area (Å²) in [5, 5.41) is 11.9. The third kappa shape index (κ3) is 4.87. The average Bonchev–Trinajstić information content (AvgIpc) is 3.72. The van der Waals surface area contributed by atoms with Gasteiger partial charge in [-0.1, -0.05) is 23.8 Å². The number of nitrogens with zero attached hydrogens (tertiary/aromatic N) is 6. The second kappa shape index (κ2) is 10.7. The molecule has 1 atom stereocenters. The molecular formula is C34H43N9. The summed E-state index contributed by atoms with van der Waals surface area (Å²) in [4.78, 5) is 14.9. The molecule has 2 aromatic heterocycles. The SMILES string of the molecule is Cc1cc(Nc2nc(N)n(-c3cc(C45C=CC(=CC4)CC5)c4c(n3)CCCN4)n2)ccc1N1CCC(N2CCCC2)CC1. The number of hydrogen-bond acceptors (Lipinski definition) is 8. The molecule has 5 heterocycles. The van der Waals surface area contributed by atoms with Crippen molar-refractivity contribution in [2.45, 2.75) is 76.2 Å². The van der Waals surface area contributed by atoms with E-state index in [0.29, 0.717) is 11.9 Å². The Morgan fingerprint density at radius 2 is 1.88 bits per heavy atom. The van der Waals surface area contributed by atoms with E-state index in [1.54, 1.807) is 4.68 Å². The van der Waals surface area contributed by atoms with Gasteiger partial charge in [-0.25, -0.2) is 4.98 Å². The zero-order valence-corrected chi connectivity index (χ0v) is 25.3. The summed E-state index contributed by atoms with van der Waals surface area (Å²) in [6, 6.07) is 9.51. The first-order valence-electron chi connectivity index (χ1n) is 16.3. The Kier molecular flexibility index (Phi) is 6.66. The molecule has 9 rings (SSSR count). The number of nitrogens with two attached hydrogens (primary N) is 1. The lowest BCUT2D eigenvalue weighted by atomic mass is 9.65. The zero-order chi connectivity index (χ0) is 29.0. The van der Waals surface area contributed by atoms with Gasteiger partial charge in [0.2, 0.25) is 11.9 Å². The van der Waals surface area contributed by atoms with Gasteiger partial charge in [0.25, 0.3) is 0 Å². The smallest absolute Gasteiger partial charge is 0.248 e. The lowest BCUT2D eigenvalue weighted by Gasteiger charge is -2.40. The Hall–Kier alpha value is -3.85. The van der Waals surface area contributed by atoms with E-state index in [1.165, 1.54) is 66.8 Å². The van der Waals surface area contributed by atoms with Gasteiger partial charge in [-0.05, 0) is 113 Å². The Morgan fingerprint density at radius 1 is 1.02 bits per heavy atom. The summed E-state index contributed by atoms with van der Waals surface area (Å²) in [6.07, 6.45) is 17.6. The minimum atomic E-state index is -0.00694. The molecule has 9 nitrogen and oxygen atoms in total. The van der Waals surface area contributed by atoms with Crippen molar-refractivity contribution >= 4 is 29.0 Å². The third-order valence-corrected chi connectivity index (χ3v) is 10.5. The second-order valence-corrected chi connectivity index (χ2v) is 13.1. The molecule has 3 aliphatic carbocycles. The fraction of sp³-hybridized carbons (Fsp3) is 0.500. The van der Waals surface area contributed by atoms with Crippen LogP contribution in [0.5, 0.6) is 0 Å². The van der Waals surface area contributed by atoms with Gasteiger partial charge in [0, 0.05) is 42.5 Å². The molecule has 2 saturated heterocycles. The summed E-state index contributed by atoms with van der Waals surface area (Å²) in [5.74, 6) is 1.56. The normalized spacial score (nSPS) is 23.7. The number of aromatic nitrogens is 4. The number of aryl methyl sites for hydroxylation is 2. The molecule has 9 heteroatoms. The van der Waals surface area contributed by atoms with Crippen LogP contribution in [0.25, 0.3) is 5.82 Å². The van der Waals surface area contributed by atoms with Gasteiger partial charge in [-0.3, -0.25) is 0 Å². The molecule has 1 unspecified atom stereocenters. The zero-order valence-electron chi connectivity index (χ0n) is 25.3. The minimum absolute atomic E-state index is 0.00694. The molecule has 3 aliphatic heterocycles. The van der Waals surface area contributed by atoms with E-state index < -0.39 is 0 Å². The van der Waals surface area contributed by atoms with Crippen LogP contribution in [0.15, 0.2) is 48.1 Å². The molecule has 224 valence electrons. The standard InChI is InChI=1S/C34H43N9/c1-23-21-25(6-7-29(23)42-19-11-26(12-20-42)41-17-2-3-18-41)37-33-39-32(35)43(40-33)30-22-27(31-28(38-30)5-4-16-36-31)34-13-8-24(9-14-34)10-15-34/h6-9,13,21-22,26,36H,2-5,10-12,14-20H2,1H3,(H3,35,37,39,40). The van der Waals surface area contributed by atoms with Crippen molar-refractivity contribution in [2.75, 3.05) is 54.0 Å². The number of allylic oxidation sites excluding steroid dienone is 4.